The monoisotopic (exact) mass is 403 g/mol. The number of nitrogens with zero attached hydrogens (tertiary/aromatic N) is 1. The van der Waals surface area contributed by atoms with E-state index < -0.39 is 48.6 Å². The van der Waals surface area contributed by atoms with E-state index in [1.165, 1.54) is 12.3 Å². The van der Waals surface area contributed by atoms with E-state index in [9.17, 15) is 29.4 Å². The Labute approximate surface area is 144 Å². The summed E-state index contributed by atoms with van der Waals surface area (Å²) >= 11 is 3.15. The van der Waals surface area contributed by atoms with Crippen LogP contribution in [0.1, 0.15) is 41.5 Å². The molecule has 130 valence electrons. The third-order valence-electron chi connectivity index (χ3n) is 3.22. The van der Waals surface area contributed by atoms with E-state index in [-0.39, 0.29) is 16.6 Å². The Kier molecular flexibility index (Phi) is 6.83. The van der Waals surface area contributed by atoms with Gasteiger partial charge in [-0.15, -0.1) is 0 Å². The van der Waals surface area contributed by atoms with E-state index in [0.29, 0.717) is 5.56 Å². The Hall–Kier alpha value is -2.49. The minimum Gasteiger partial charge on any atom is -0.481 e. The highest BCUT2D eigenvalue weighted by atomic mass is 79.9. The predicted octanol–water partition coefficient (Wildman–Crippen LogP) is 1.26. The Morgan fingerprint density at radius 3 is 1.88 bits per heavy atom. The van der Waals surface area contributed by atoms with Gasteiger partial charge in [0.2, 0.25) is 0 Å². The Balaban J connectivity index is 3.53. The van der Waals surface area contributed by atoms with Gasteiger partial charge in [0.1, 0.15) is 5.92 Å². The molecule has 24 heavy (non-hydrogen) atoms. The van der Waals surface area contributed by atoms with Crippen LogP contribution in [0.15, 0.2) is 12.3 Å². The van der Waals surface area contributed by atoms with Crippen molar-refractivity contribution in [2.75, 3.05) is 0 Å². The third-order valence-corrected chi connectivity index (χ3v) is 3.87. The van der Waals surface area contributed by atoms with E-state index in [0.717, 1.165) is 0 Å². The summed E-state index contributed by atoms with van der Waals surface area (Å²) in [6.07, 6.45) is -0.303. The summed E-state index contributed by atoms with van der Waals surface area (Å²) in [6, 6.07) is 1.33. The summed E-state index contributed by atoms with van der Waals surface area (Å²) in [5.41, 5.74) is 0.128. The van der Waals surface area contributed by atoms with Gasteiger partial charge >= 0.3 is 23.9 Å². The number of aliphatic carboxylic acids is 4. The molecule has 0 radical (unpaired) electrons. The lowest BCUT2D eigenvalue weighted by Gasteiger charge is -2.19. The zero-order valence-electron chi connectivity index (χ0n) is 12.2. The summed E-state index contributed by atoms with van der Waals surface area (Å²) in [7, 11) is 0. The van der Waals surface area contributed by atoms with E-state index in [4.69, 9.17) is 10.2 Å². The van der Waals surface area contributed by atoms with E-state index >= 15 is 0 Å². The smallest absolute Gasteiger partial charge is 0.313 e. The van der Waals surface area contributed by atoms with Gasteiger partial charge < -0.3 is 20.4 Å². The number of rotatable bonds is 9. The molecule has 0 spiro atoms. The lowest BCUT2D eigenvalue weighted by molar-refractivity contribution is -0.146. The average Bonchev–Trinajstić information content (AvgIpc) is 2.49. The minimum absolute atomic E-state index is 0.115. The van der Waals surface area contributed by atoms with Crippen LogP contribution in [0, 0.1) is 0 Å². The number of hydrogen-bond donors (Lipinski definition) is 4. The first-order chi connectivity index (χ1) is 11.2. The molecule has 1 aromatic heterocycles. The summed E-state index contributed by atoms with van der Waals surface area (Å²) in [6.45, 7) is 0. The topological polar surface area (TPSA) is 162 Å². The Morgan fingerprint density at radius 1 is 0.958 bits per heavy atom. The number of halogens is 1. The SMILES string of the molecule is O=C(O)CC(C(=O)O)c1cc(CBr)cnc1C(CC(=O)O)C(=O)O. The summed E-state index contributed by atoms with van der Waals surface area (Å²) in [5, 5.41) is 36.6. The molecule has 1 rings (SSSR count). The molecule has 1 aromatic rings. The van der Waals surface area contributed by atoms with E-state index in [1.807, 2.05) is 0 Å². The van der Waals surface area contributed by atoms with Crippen LogP contribution in [-0.2, 0) is 24.5 Å². The second kappa shape index (κ2) is 8.39. The van der Waals surface area contributed by atoms with Crippen LogP contribution in [0.2, 0.25) is 0 Å². The molecule has 0 saturated carbocycles. The molecule has 0 aliphatic heterocycles. The molecule has 0 fully saturated rings. The van der Waals surface area contributed by atoms with Crippen molar-refractivity contribution in [3.63, 3.8) is 0 Å². The van der Waals surface area contributed by atoms with Gasteiger partial charge in [0.15, 0.2) is 0 Å². The van der Waals surface area contributed by atoms with Gasteiger partial charge in [-0.1, -0.05) is 22.0 Å². The van der Waals surface area contributed by atoms with Gasteiger partial charge in [0.25, 0.3) is 0 Å². The second-order valence-electron chi connectivity index (χ2n) is 4.93. The Bertz CT molecular complexity index is 675. The average molecular weight is 404 g/mol. The molecule has 10 heteroatoms. The van der Waals surface area contributed by atoms with Crippen molar-refractivity contribution in [2.24, 2.45) is 0 Å². The molecule has 0 aromatic carbocycles. The lowest BCUT2D eigenvalue weighted by Crippen LogP contribution is -2.23. The van der Waals surface area contributed by atoms with Crippen molar-refractivity contribution in [2.45, 2.75) is 30.0 Å². The maximum absolute atomic E-state index is 11.4. The first-order valence-corrected chi connectivity index (χ1v) is 7.73. The third kappa shape index (κ3) is 5.01. The summed E-state index contributed by atoms with van der Waals surface area (Å²) in [5.74, 6) is -8.87. The van der Waals surface area contributed by atoms with Gasteiger partial charge in [-0.2, -0.15) is 0 Å². The maximum Gasteiger partial charge on any atom is 0.313 e. The fourth-order valence-electron chi connectivity index (χ4n) is 2.16. The molecule has 2 atom stereocenters. The van der Waals surface area contributed by atoms with Crippen LogP contribution >= 0.6 is 15.9 Å². The molecule has 0 aliphatic rings. The Morgan fingerprint density at radius 2 is 1.46 bits per heavy atom. The zero-order chi connectivity index (χ0) is 18.4. The minimum atomic E-state index is -1.59. The number of pyridine rings is 1. The van der Waals surface area contributed by atoms with Crippen LogP contribution in [-0.4, -0.2) is 49.3 Å². The molecule has 0 aliphatic carbocycles. The molecule has 0 saturated heterocycles. The first kappa shape index (κ1) is 19.6. The summed E-state index contributed by atoms with van der Waals surface area (Å²) in [4.78, 5) is 48.5. The fraction of sp³-hybridized carbons (Fsp3) is 0.357. The van der Waals surface area contributed by atoms with Crippen molar-refractivity contribution in [1.82, 2.24) is 4.98 Å². The number of carboxylic acid groups (broad SMARTS) is 4. The quantitative estimate of drug-likeness (QED) is 0.444. The number of carboxylic acids is 4. The zero-order valence-corrected chi connectivity index (χ0v) is 13.8. The molecule has 4 N–H and O–H groups in total. The molecule has 1 heterocycles. The van der Waals surface area contributed by atoms with Gasteiger partial charge in [-0.3, -0.25) is 24.2 Å². The first-order valence-electron chi connectivity index (χ1n) is 6.61. The molecular formula is C14H14BrNO8. The van der Waals surface area contributed by atoms with Gasteiger partial charge in [-0.25, -0.2) is 0 Å². The van der Waals surface area contributed by atoms with Crippen molar-refractivity contribution in [1.29, 1.82) is 0 Å². The maximum atomic E-state index is 11.4. The van der Waals surface area contributed by atoms with Gasteiger partial charge in [-0.05, 0) is 11.1 Å². The molecule has 0 amide bonds. The number of aromatic nitrogens is 1. The number of alkyl halides is 1. The van der Waals surface area contributed by atoms with Gasteiger partial charge in [0.05, 0.1) is 24.5 Å². The van der Waals surface area contributed by atoms with E-state index in [2.05, 4.69) is 20.9 Å². The van der Waals surface area contributed by atoms with Crippen molar-refractivity contribution >= 4 is 39.8 Å². The molecule has 9 nitrogen and oxygen atoms in total. The van der Waals surface area contributed by atoms with E-state index in [1.54, 1.807) is 0 Å². The summed E-state index contributed by atoms with van der Waals surface area (Å²) < 4.78 is 0. The predicted molar refractivity (Wildman–Crippen MR) is 82.1 cm³/mol. The lowest BCUT2D eigenvalue weighted by atomic mass is 9.87. The van der Waals surface area contributed by atoms with Crippen LogP contribution in [0.3, 0.4) is 0 Å². The van der Waals surface area contributed by atoms with Crippen LogP contribution in [0.25, 0.3) is 0 Å². The largest absolute Gasteiger partial charge is 0.481 e. The second-order valence-corrected chi connectivity index (χ2v) is 5.49. The standard InChI is InChI=1S/C14H14BrNO8/c15-4-6-1-7(8(13(21)22)2-10(17)18)12(16-5-6)9(14(23)24)3-11(19)20/h1,5,8-9H,2-4H2,(H,17,18)(H,19,20)(H,21,22)(H,23,24). The molecule has 0 bridgehead atoms. The number of hydrogen-bond acceptors (Lipinski definition) is 5. The normalized spacial score (nSPS) is 13.0. The molecule has 2 unspecified atom stereocenters. The van der Waals surface area contributed by atoms with Crippen LogP contribution in [0.5, 0.6) is 0 Å². The molecular weight excluding hydrogens is 390 g/mol. The van der Waals surface area contributed by atoms with Crippen molar-refractivity contribution < 1.29 is 39.6 Å². The number of carbonyl (C=O) groups is 4. The van der Waals surface area contributed by atoms with Crippen molar-refractivity contribution in [3.8, 4) is 0 Å². The van der Waals surface area contributed by atoms with Crippen LogP contribution in [0.4, 0.5) is 0 Å². The highest BCUT2D eigenvalue weighted by molar-refractivity contribution is 9.08. The highest BCUT2D eigenvalue weighted by Crippen LogP contribution is 2.31. The van der Waals surface area contributed by atoms with Crippen molar-refractivity contribution in [3.05, 3.63) is 29.1 Å². The van der Waals surface area contributed by atoms with Gasteiger partial charge in [0, 0.05) is 11.5 Å². The van der Waals surface area contributed by atoms with Crippen LogP contribution < -0.4 is 0 Å². The highest BCUT2D eigenvalue weighted by Gasteiger charge is 2.33. The fourth-order valence-corrected chi connectivity index (χ4v) is 2.47.